The topological polar surface area (TPSA) is 34.6 Å². The number of nitrogens with zero attached hydrogens (tertiary/aromatic N) is 2. The highest BCUT2D eigenvalue weighted by Gasteiger charge is 2.34. The molecule has 2 aromatic rings. The molecule has 1 saturated heterocycles. The first-order valence-electron chi connectivity index (χ1n) is 8.95. The lowest BCUT2D eigenvalue weighted by atomic mass is 9.97. The molecule has 0 spiro atoms. The second-order valence-electron chi connectivity index (χ2n) is 7.06. The van der Waals surface area contributed by atoms with Crippen LogP contribution in [0.1, 0.15) is 37.8 Å². The lowest BCUT2D eigenvalue weighted by Crippen LogP contribution is -2.51. The molecule has 2 heterocycles. The van der Waals surface area contributed by atoms with Crippen LogP contribution >= 0.6 is 0 Å². The average Bonchev–Trinajstić information content (AvgIpc) is 2.59. The second-order valence-corrected chi connectivity index (χ2v) is 7.06. The summed E-state index contributed by atoms with van der Waals surface area (Å²) in [4.78, 5) is 10.2. The van der Waals surface area contributed by atoms with Gasteiger partial charge >= 0.3 is 6.18 Å². The van der Waals surface area contributed by atoms with Gasteiger partial charge in [0, 0.05) is 37.2 Å². The molecule has 4 nitrogen and oxygen atoms in total. The molecule has 0 bridgehead atoms. The van der Waals surface area contributed by atoms with Crippen molar-refractivity contribution in [2.75, 3.05) is 0 Å². The summed E-state index contributed by atoms with van der Waals surface area (Å²) in [5.74, 6) is 0.989. The van der Waals surface area contributed by atoms with Gasteiger partial charge in [-0.2, -0.15) is 13.2 Å². The Morgan fingerprint density at radius 1 is 1.00 bits per heavy atom. The lowest BCUT2D eigenvalue weighted by Gasteiger charge is -2.40. The number of ether oxygens (including phenoxy) is 1. The van der Waals surface area contributed by atoms with Gasteiger partial charge in [-0.05, 0) is 50.6 Å². The van der Waals surface area contributed by atoms with Gasteiger partial charge in [0.05, 0.1) is 5.56 Å². The molecule has 0 amide bonds. The van der Waals surface area contributed by atoms with E-state index in [0.29, 0.717) is 24.5 Å². The van der Waals surface area contributed by atoms with E-state index in [1.165, 1.54) is 12.1 Å². The van der Waals surface area contributed by atoms with Crippen molar-refractivity contribution in [3.8, 4) is 11.6 Å². The van der Waals surface area contributed by atoms with Crippen LogP contribution in [0.3, 0.4) is 0 Å². The quantitative estimate of drug-likeness (QED) is 0.746. The number of piperidine rings is 1. The number of rotatable bonds is 4. The Kier molecular flexibility index (Phi) is 5.60. The van der Waals surface area contributed by atoms with Crippen LogP contribution < -0.4 is 9.57 Å². The first-order valence-corrected chi connectivity index (χ1v) is 8.95. The third-order valence-electron chi connectivity index (χ3n) is 4.64. The van der Waals surface area contributed by atoms with E-state index in [2.05, 4.69) is 4.98 Å². The SMILES string of the molecule is Cc1ccc(ON2[C@H](C)C[C@H](Oc3ccc(C(F)(F)F)cc3)C[C@@H]2C)nc1. The number of hydroxylamine groups is 2. The Bertz CT molecular complexity index is 735. The maximum Gasteiger partial charge on any atom is 0.416 e. The molecular weight excluding hydrogens is 357 g/mol. The largest absolute Gasteiger partial charge is 0.490 e. The van der Waals surface area contributed by atoms with Gasteiger partial charge in [-0.3, -0.25) is 0 Å². The molecule has 0 N–H and O–H groups in total. The normalized spacial score (nSPS) is 23.9. The fourth-order valence-electron chi connectivity index (χ4n) is 3.31. The average molecular weight is 380 g/mol. The van der Waals surface area contributed by atoms with Crippen LogP contribution in [-0.2, 0) is 6.18 Å². The predicted molar refractivity (Wildman–Crippen MR) is 95.5 cm³/mol. The highest BCUT2D eigenvalue weighted by atomic mass is 19.4. The zero-order valence-electron chi connectivity index (χ0n) is 15.5. The monoisotopic (exact) mass is 380 g/mol. The number of pyridine rings is 1. The molecule has 3 rings (SSSR count). The third-order valence-corrected chi connectivity index (χ3v) is 4.64. The number of halogens is 3. The maximum absolute atomic E-state index is 12.7. The van der Waals surface area contributed by atoms with Crippen molar-refractivity contribution in [3.63, 3.8) is 0 Å². The minimum absolute atomic E-state index is 0.0799. The minimum atomic E-state index is -4.34. The van der Waals surface area contributed by atoms with Crippen molar-refractivity contribution in [1.82, 2.24) is 10.0 Å². The summed E-state index contributed by atoms with van der Waals surface area (Å²) in [6, 6.07) is 8.77. The fraction of sp³-hybridized carbons (Fsp3) is 0.450. The summed E-state index contributed by atoms with van der Waals surface area (Å²) < 4.78 is 43.9. The van der Waals surface area contributed by atoms with Crippen LogP contribution in [0.2, 0.25) is 0 Å². The van der Waals surface area contributed by atoms with Crippen molar-refractivity contribution >= 4 is 0 Å². The van der Waals surface area contributed by atoms with E-state index < -0.39 is 11.7 Å². The van der Waals surface area contributed by atoms with Gasteiger partial charge in [0.2, 0.25) is 5.88 Å². The molecular formula is C20H23F3N2O2. The Morgan fingerprint density at radius 3 is 2.15 bits per heavy atom. The minimum Gasteiger partial charge on any atom is -0.490 e. The van der Waals surface area contributed by atoms with Crippen molar-refractivity contribution in [2.24, 2.45) is 0 Å². The lowest BCUT2D eigenvalue weighted by molar-refractivity contribution is -0.158. The third kappa shape index (κ3) is 4.91. The summed E-state index contributed by atoms with van der Waals surface area (Å²) in [5.41, 5.74) is 0.387. The van der Waals surface area contributed by atoms with Crippen LogP contribution in [0.4, 0.5) is 13.2 Å². The summed E-state index contributed by atoms with van der Waals surface area (Å²) in [6.45, 7) is 6.03. The van der Waals surface area contributed by atoms with Crippen LogP contribution in [0, 0.1) is 6.92 Å². The summed E-state index contributed by atoms with van der Waals surface area (Å²) in [6.07, 6.45) is -1.26. The van der Waals surface area contributed by atoms with Gasteiger partial charge in [-0.15, -0.1) is 5.06 Å². The predicted octanol–water partition coefficient (Wildman–Crippen LogP) is 5.02. The summed E-state index contributed by atoms with van der Waals surface area (Å²) in [5, 5.41) is 1.91. The standard InChI is InChI=1S/C20H23F3N2O2/c1-13-4-9-19(24-12-13)27-25-14(2)10-18(11-15(25)3)26-17-7-5-16(6-8-17)20(21,22)23/h4-9,12,14-15,18H,10-11H2,1-3H3/t14-,15+,18+. The number of aromatic nitrogens is 1. The van der Waals surface area contributed by atoms with E-state index >= 15 is 0 Å². The van der Waals surface area contributed by atoms with Gasteiger partial charge in [0.15, 0.2) is 0 Å². The van der Waals surface area contributed by atoms with Gasteiger partial charge in [-0.25, -0.2) is 4.98 Å². The van der Waals surface area contributed by atoms with Crippen molar-refractivity contribution in [2.45, 2.75) is 58.0 Å². The number of hydrogen-bond acceptors (Lipinski definition) is 4. The molecule has 0 aliphatic carbocycles. The van der Waals surface area contributed by atoms with Crippen molar-refractivity contribution in [3.05, 3.63) is 53.7 Å². The van der Waals surface area contributed by atoms with Gasteiger partial charge in [0.1, 0.15) is 11.9 Å². The van der Waals surface area contributed by atoms with E-state index in [-0.39, 0.29) is 18.2 Å². The maximum atomic E-state index is 12.7. The van der Waals surface area contributed by atoms with E-state index in [1.807, 2.05) is 38.0 Å². The van der Waals surface area contributed by atoms with Crippen LogP contribution in [-0.4, -0.2) is 28.2 Å². The van der Waals surface area contributed by atoms with Crippen LogP contribution in [0.5, 0.6) is 11.6 Å². The zero-order chi connectivity index (χ0) is 19.6. The molecule has 1 aliphatic heterocycles. The second kappa shape index (κ2) is 7.76. The molecule has 1 aromatic carbocycles. The smallest absolute Gasteiger partial charge is 0.416 e. The zero-order valence-corrected chi connectivity index (χ0v) is 15.5. The molecule has 0 unspecified atom stereocenters. The first kappa shape index (κ1) is 19.5. The summed E-state index contributed by atoms with van der Waals surface area (Å²) >= 11 is 0. The Hall–Kier alpha value is -2.28. The first-order chi connectivity index (χ1) is 12.7. The number of benzene rings is 1. The molecule has 7 heteroatoms. The Labute approximate surface area is 156 Å². The molecule has 146 valence electrons. The molecule has 1 fully saturated rings. The number of aryl methyl sites for hydroxylation is 1. The van der Waals surface area contributed by atoms with Gasteiger partial charge in [0.25, 0.3) is 0 Å². The highest BCUT2D eigenvalue weighted by Crippen LogP contribution is 2.32. The molecule has 1 aromatic heterocycles. The highest BCUT2D eigenvalue weighted by molar-refractivity contribution is 5.29. The Morgan fingerprint density at radius 2 is 1.63 bits per heavy atom. The summed E-state index contributed by atoms with van der Waals surface area (Å²) in [7, 11) is 0. The molecule has 3 atom stereocenters. The van der Waals surface area contributed by atoms with E-state index in [1.54, 1.807) is 6.20 Å². The van der Waals surface area contributed by atoms with E-state index in [0.717, 1.165) is 17.7 Å². The van der Waals surface area contributed by atoms with E-state index in [4.69, 9.17) is 9.57 Å². The molecule has 0 saturated carbocycles. The molecule has 1 aliphatic rings. The number of alkyl halides is 3. The van der Waals surface area contributed by atoms with Crippen LogP contribution in [0.15, 0.2) is 42.6 Å². The Balaban J connectivity index is 1.60. The molecule has 0 radical (unpaired) electrons. The van der Waals surface area contributed by atoms with E-state index in [9.17, 15) is 13.2 Å². The van der Waals surface area contributed by atoms with Crippen molar-refractivity contribution < 1.29 is 22.7 Å². The van der Waals surface area contributed by atoms with Gasteiger partial charge < -0.3 is 9.57 Å². The van der Waals surface area contributed by atoms with Gasteiger partial charge in [-0.1, -0.05) is 6.07 Å². The van der Waals surface area contributed by atoms with Crippen molar-refractivity contribution in [1.29, 1.82) is 0 Å². The fourth-order valence-corrected chi connectivity index (χ4v) is 3.31. The molecule has 27 heavy (non-hydrogen) atoms. The number of hydrogen-bond donors (Lipinski definition) is 0. The van der Waals surface area contributed by atoms with Crippen LogP contribution in [0.25, 0.3) is 0 Å².